The summed E-state index contributed by atoms with van der Waals surface area (Å²) in [5, 5.41) is 4.00. The van der Waals surface area contributed by atoms with E-state index in [4.69, 9.17) is 0 Å². The molecule has 3 aromatic rings. The van der Waals surface area contributed by atoms with Gasteiger partial charge in [-0.1, -0.05) is 24.3 Å². The second kappa shape index (κ2) is 7.44. The topological polar surface area (TPSA) is 78.1 Å². The van der Waals surface area contributed by atoms with Crippen LogP contribution in [0, 0.1) is 5.92 Å². The summed E-state index contributed by atoms with van der Waals surface area (Å²) in [5.74, 6) is 1.16. The summed E-state index contributed by atoms with van der Waals surface area (Å²) in [6, 6.07) is 12.5. The van der Waals surface area contributed by atoms with Crippen LogP contribution < -0.4 is 5.32 Å². The van der Waals surface area contributed by atoms with Gasteiger partial charge < -0.3 is 10.3 Å². The first kappa shape index (κ1) is 18.1. The Morgan fingerprint density at radius 3 is 2.62 bits per heavy atom. The van der Waals surface area contributed by atoms with Crippen LogP contribution in [-0.2, 0) is 16.1 Å². The molecule has 0 bridgehead atoms. The quantitative estimate of drug-likeness (QED) is 0.698. The molecule has 1 aliphatic carbocycles. The van der Waals surface area contributed by atoms with Crippen LogP contribution in [0.1, 0.15) is 31.2 Å². The molecule has 2 fully saturated rings. The molecule has 1 aliphatic heterocycles. The Kier molecular flexibility index (Phi) is 4.64. The van der Waals surface area contributed by atoms with Crippen LogP contribution >= 0.6 is 0 Å². The third-order valence-electron chi connectivity index (χ3n) is 5.81. The van der Waals surface area contributed by atoms with Crippen LogP contribution in [0.4, 0.5) is 5.82 Å². The fraction of sp³-hybridized carbons (Fsp3) is 0.348. The normalized spacial score (nSPS) is 17.6. The van der Waals surface area contributed by atoms with Crippen LogP contribution in [0.2, 0.25) is 0 Å². The zero-order valence-corrected chi connectivity index (χ0v) is 16.3. The molecule has 0 radical (unpaired) electrons. The fourth-order valence-corrected chi connectivity index (χ4v) is 3.92. The van der Waals surface area contributed by atoms with Gasteiger partial charge in [0.15, 0.2) is 0 Å². The number of carbonyl (C=O) groups is 2. The number of aromatic nitrogens is 2. The first-order chi connectivity index (χ1) is 14.2. The number of benzene rings is 1. The maximum Gasteiger partial charge on any atom is 0.228 e. The molecular formula is C23H24N4O2. The molecule has 1 amide bonds. The number of piperidine rings is 1. The monoisotopic (exact) mass is 388 g/mol. The Morgan fingerprint density at radius 1 is 1.14 bits per heavy atom. The number of anilines is 1. The highest BCUT2D eigenvalue weighted by Gasteiger charge is 2.30. The van der Waals surface area contributed by atoms with Gasteiger partial charge in [-0.2, -0.15) is 0 Å². The van der Waals surface area contributed by atoms with Crippen molar-refractivity contribution < 1.29 is 9.59 Å². The van der Waals surface area contributed by atoms with Gasteiger partial charge in [0.2, 0.25) is 5.91 Å². The van der Waals surface area contributed by atoms with Crippen molar-refractivity contribution in [1.29, 1.82) is 0 Å². The van der Waals surface area contributed by atoms with E-state index in [-0.39, 0.29) is 11.8 Å². The second-order valence-electron chi connectivity index (χ2n) is 8.07. The van der Waals surface area contributed by atoms with Gasteiger partial charge in [0.05, 0.1) is 0 Å². The summed E-state index contributed by atoms with van der Waals surface area (Å²) in [6.45, 7) is 2.56. The zero-order chi connectivity index (χ0) is 19.8. The fourth-order valence-electron chi connectivity index (χ4n) is 3.92. The van der Waals surface area contributed by atoms with E-state index >= 15 is 0 Å². The summed E-state index contributed by atoms with van der Waals surface area (Å²) < 4.78 is 0. The average molecular weight is 388 g/mol. The predicted molar refractivity (Wildman–Crippen MR) is 112 cm³/mol. The summed E-state index contributed by atoms with van der Waals surface area (Å²) in [4.78, 5) is 33.6. The molecule has 6 heteroatoms. The molecule has 6 nitrogen and oxygen atoms in total. The average Bonchev–Trinajstić information content (AvgIpc) is 3.48. The number of Topliss-reactive ketones (excluding diaryl/α,β-unsaturated/α-hetero) is 1. The summed E-state index contributed by atoms with van der Waals surface area (Å²) >= 11 is 0. The number of amides is 1. The van der Waals surface area contributed by atoms with E-state index in [1.54, 1.807) is 0 Å². The van der Waals surface area contributed by atoms with Gasteiger partial charge in [-0.25, -0.2) is 4.98 Å². The second-order valence-corrected chi connectivity index (χ2v) is 8.07. The van der Waals surface area contributed by atoms with Crippen molar-refractivity contribution in [3.8, 4) is 11.1 Å². The maximum absolute atomic E-state index is 12.2. The van der Waals surface area contributed by atoms with E-state index in [2.05, 4.69) is 44.5 Å². The smallest absolute Gasteiger partial charge is 0.228 e. The number of carbonyl (C=O) groups excluding carboxylic acids is 2. The largest absolute Gasteiger partial charge is 0.346 e. The van der Waals surface area contributed by atoms with Crippen molar-refractivity contribution in [1.82, 2.24) is 14.9 Å². The van der Waals surface area contributed by atoms with Crippen molar-refractivity contribution in [2.24, 2.45) is 5.92 Å². The van der Waals surface area contributed by atoms with Crippen LogP contribution in [0.5, 0.6) is 0 Å². The van der Waals surface area contributed by atoms with E-state index in [0.717, 1.165) is 54.6 Å². The number of aromatic amines is 1. The van der Waals surface area contributed by atoms with Crippen molar-refractivity contribution in [3.05, 3.63) is 48.2 Å². The summed E-state index contributed by atoms with van der Waals surface area (Å²) in [6.07, 6.45) is 5.14. The van der Waals surface area contributed by atoms with Gasteiger partial charge in [-0.15, -0.1) is 0 Å². The van der Waals surface area contributed by atoms with Gasteiger partial charge >= 0.3 is 0 Å². The van der Waals surface area contributed by atoms with Gasteiger partial charge in [-0.05, 0) is 41.7 Å². The van der Waals surface area contributed by atoms with E-state index < -0.39 is 0 Å². The first-order valence-corrected chi connectivity index (χ1v) is 10.3. The van der Waals surface area contributed by atoms with Crippen molar-refractivity contribution in [2.45, 2.75) is 32.2 Å². The minimum Gasteiger partial charge on any atom is -0.346 e. The number of fused-ring (bicyclic) bond motifs is 1. The number of ketones is 1. The van der Waals surface area contributed by atoms with Gasteiger partial charge in [0, 0.05) is 50.0 Å². The van der Waals surface area contributed by atoms with E-state index in [0.29, 0.717) is 24.4 Å². The highest BCUT2D eigenvalue weighted by Crippen LogP contribution is 2.33. The SMILES string of the molecule is O=C1CCN(Cc2ccc(-c3cc(NC(=O)C4CC4)nc4[nH]ccc34)cc2)CC1. The lowest BCUT2D eigenvalue weighted by atomic mass is 10.0. The molecule has 0 atom stereocenters. The Bertz CT molecular complexity index is 1060. The summed E-state index contributed by atoms with van der Waals surface area (Å²) in [7, 11) is 0. The number of nitrogens with one attached hydrogen (secondary N) is 2. The molecule has 0 spiro atoms. The molecule has 2 aliphatic rings. The van der Waals surface area contributed by atoms with E-state index in [9.17, 15) is 9.59 Å². The molecule has 29 heavy (non-hydrogen) atoms. The molecule has 2 N–H and O–H groups in total. The minimum atomic E-state index is 0.0599. The standard InChI is InChI=1S/C23H24N4O2/c28-18-8-11-27(12-9-18)14-15-1-3-16(4-2-15)20-13-21(26-23(29)17-5-6-17)25-22-19(20)7-10-24-22/h1-4,7,10,13,17H,5-6,8-9,11-12,14H2,(H2,24,25,26,29). The number of H-pyrrole nitrogens is 1. The molecule has 0 unspecified atom stereocenters. The zero-order valence-electron chi connectivity index (χ0n) is 16.3. The number of likely N-dealkylation sites (tertiary alicyclic amines) is 1. The lowest BCUT2D eigenvalue weighted by molar-refractivity contribution is -0.121. The van der Waals surface area contributed by atoms with Crippen LogP contribution in [0.3, 0.4) is 0 Å². The minimum absolute atomic E-state index is 0.0599. The third-order valence-corrected chi connectivity index (χ3v) is 5.81. The number of nitrogens with zero attached hydrogens (tertiary/aromatic N) is 2. The molecule has 3 heterocycles. The highest BCUT2D eigenvalue weighted by atomic mass is 16.2. The lowest BCUT2D eigenvalue weighted by Crippen LogP contribution is -2.33. The first-order valence-electron chi connectivity index (χ1n) is 10.3. The van der Waals surface area contributed by atoms with Crippen molar-refractivity contribution >= 4 is 28.5 Å². The molecule has 1 saturated heterocycles. The van der Waals surface area contributed by atoms with Crippen molar-refractivity contribution in [2.75, 3.05) is 18.4 Å². The molecular weight excluding hydrogens is 364 g/mol. The third kappa shape index (κ3) is 3.93. The Labute approximate surface area is 169 Å². The predicted octanol–water partition coefficient (Wildman–Crippen LogP) is 3.74. The van der Waals surface area contributed by atoms with E-state index in [1.807, 2.05) is 18.3 Å². The van der Waals surface area contributed by atoms with Crippen molar-refractivity contribution in [3.63, 3.8) is 0 Å². The number of pyridine rings is 1. The molecule has 1 saturated carbocycles. The van der Waals surface area contributed by atoms with Gasteiger partial charge in [0.25, 0.3) is 0 Å². The Hall–Kier alpha value is -2.99. The van der Waals surface area contributed by atoms with Crippen LogP contribution in [0.25, 0.3) is 22.2 Å². The molecule has 2 aromatic heterocycles. The van der Waals surface area contributed by atoms with Gasteiger partial charge in [-0.3, -0.25) is 14.5 Å². The number of rotatable bonds is 5. The number of hydrogen-bond acceptors (Lipinski definition) is 4. The number of hydrogen-bond donors (Lipinski definition) is 2. The van der Waals surface area contributed by atoms with Gasteiger partial charge in [0.1, 0.15) is 17.2 Å². The molecule has 148 valence electrons. The van der Waals surface area contributed by atoms with E-state index in [1.165, 1.54) is 5.56 Å². The molecule has 5 rings (SSSR count). The van der Waals surface area contributed by atoms with Crippen LogP contribution in [-0.4, -0.2) is 39.6 Å². The highest BCUT2D eigenvalue weighted by molar-refractivity contribution is 5.98. The maximum atomic E-state index is 12.2. The molecule has 1 aromatic carbocycles. The Morgan fingerprint density at radius 2 is 1.90 bits per heavy atom. The summed E-state index contributed by atoms with van der Waals surface area (Å²) in [5.41, 5.74) is 4.16. The Balaban J connectivity index is 1.38. The van der Waals surface area contributed by atoms with Crippen LogP contribution in [0.15, 0.2) is 42.6 Å². The lowest BCUT2D eigenvalue weighted by Gasteiger charge is -2.25.